The summed E-state index contributed by atoms with van der Waals surface area (Å²) in [7, 11) is 1.62. The van der Waals surface area contributed by atoms with Crippen LogP contribution in [0.5, 0.6) is 11.6 Å². The lowest BCUT2D eigenvalue weighted by molar-refractivity contribution is 0.411. The summed E-state index contributed by atoms with van der Waals surface area (Å²) in [5.74, 6) is 1.19. The molecule has 3 N–H and O–H groups in total. The number of methoxy groups -OCH3 is 1. The second kappa shape index (κ2) is 6.02. The van der Waals surface area contributed by atoms with Gasteiger partial charge >= 0.3 is 0 Å². The largest absolute Gasteiger partial charge is 0.496 e. The van der Waals surface area contributed by atoms with E-state index in [1.807, 2.05) is 32.9 Å². The number of nitrogens with one attached hydrogen (secondary N) is 2. The number of ether oxygens (including phenoxy) is 1. The van der Waals surface area contributed by atoms with E-state index in [0.29, 0.717) is 38.1 Å². The summed E-state index contributed by atoms with van der Waals surface area (Å²) >= 11 is 1.34. The van der Waals surface area contributed by atoms with Crippen LogP contribution in [0.3, 0.4) is 0 Å². The van der Waals surface area contributed by atoms with Gasteiger partial charge in [0.25, 0.3) is 0 Å². The number of nitrogens with zero attached hydrogens (tertiary/aromatic N) is 4. The van der Waals surface area contributed by atoms with Crippen molar-refractivity contribution in [3.05, 3.63) is 40.1 Å². The number of hydrogen-bond donors (Lipinski definition) is 3. The maximum absolute atomic E-state index is 10.8. The van der Waals surface area contributed by atoms with Gasteiger partial charge in [-0.3, -0.25) is 9.98 Å². The van der Waals surface area contributed by atoms with Crippen molar-refractivity contribution in [3.8, 4) is 17.3 Å². The third-order valence-electron chi connectivity index (χ3n) is 5.22. The minimum Gasteiger partial charge on any atom is -0.496 e. The topological polar surface area (TPSA) is 113 Å². The average Bonchev–Trinajstić information content (AvgIpc) is 3.21. The second-order valence-electron chi connectivity index (χ2n) is 6.95. The molecule has 0 amide bonds. The van der Waals surface area contributed by atoms with Crippen LogP contribution in [0, 0.1) is 26.2 Å². The number of fused-ring (bicyclic) bond motifs is 2. The molecule has 8 nitrogen and oxygen atoms in total. The van der Waals surface area contributed by atoms with Crippen molar-refractivity contribution in [1.29, 1.82) is 5.41 Å². The van der Waals surface area contributed by atoms with Gasteiger partial charge in [0.05, 0.1) is 34.6 Å². The highest BCUT2D eigenvalue weighted by atomic mass is 32.1. The van der Waals surface area contributed by atoms with E-state index in [2.05, 4.69) is 15.0 Å². The molecule has 0 atom stereocenters. The molecule has 0 aliphatic rings. The van der Waals surface area contributed by atoms with Gasteiger partial charge < -0.3 is 14.8 Å². The molecule has 5 rings (SSSR count). The van der Waals surface area contributed by atoms with Crippen molar-refractivity contribution in [2.75, 3.05) is 7.11 Å². The van der Waals surface area contributed by atoms with Crippen LogP contribution in [-0.2, 0) is 0 Å². The zero-order chi connectivity index (χ0) is 20.4. The van der Waals surface area contributed by atoms with Crippen molar-refractivity contribution in [1.82, 2.24) is 24.5 Å². The Kier molecular flexibility index (Phi) is 3.66. The van der Waals surface area contributed by atoms with Crippen molar-refractivity contribution < 1.29 is 9.84 Å². The number of benzene rings is 1. The van der Waals surface area contributed by atoms with Crippen molar-refractivity contribution in [2.24, 2.45) is 0 Å². The van der Waals surface area contributed by atoms with Crippen LogP contribution in [0.15, 0.2) is 17.6 Å². The summed E-state index contributed by atoms with van der Waals surface area (Å²) in [5, 5.41) is 20.7. The van der Waals surface area contributed by atoms with Gasteiger partial charge in [0.1, 0.15) is 27.4 Å². The Hall–Kier alpha value is -3.46. The maximum atomic E-state index is 10.8. The normalized spacial score (nSPS) is 11.7. The summed E-state index contributed by atoms with van der Waals surface area (Å²) in [6, 6.07) is 3.86. The van der Waals surface area contributed by atoms with Gasteiger partial charge in [-0.25, -0.2) is 15.0 Å². The molecule has 0 spiro atoms. The SMILES string of the molecule is COc1ccc(C)c(-n2c(=N)c3c(O)nc4scnc4c4[nH]c(C)nc2c34)c1C. The third-order valence-corrected chi connectivity index (χ3v) is 5.94. The summed E-state index contributed by atoms with van der Waals surface area (Å²) in [4.78, 5) is 17.3. The minimum absolute atomic E-state index is 0.114. The van der Waals surface area contributed by atoms with E-state index in [1.54, 1.807) is 17.2 Å². The molecule has 0 fully saturated rings. The first-order chi connectivity index (χ1) is 13.9. The zero-order valence-electron chi connectivity index (χ0n) is 16.3. The van der Waals surface area contributed by atoms with Crippen LogP contribution >= 0.6 is 11.3 Å². The fourth-order valence-corrected chi connectivity index (χ4v) is 4.63. The molecule has 4 heterocycles. The highest BCUT2D eigenvalue weighted by Gasteiger charge is 2.23. The molecule has 29 heavy (non-hydrogen) atoms. The van der Waals surface area contributed by atoms with Crippen LogP contribution < -0.4 is 10.2 Å². The average molecular weight is 406 g/mol. The fourth-order valence-electron chi connectivity index (χ4n) is 3.97. The first kappa shape index (κ1) is 17.6. The molecule has 0 bridgehead atoms. The molecule has 0 radical (unpaired) electrons. The predicted octanol–water partition coefficient (Wildman–Crippen LogP) is 3.63. The van der Waals surface area contributed by atoms with Crippen molar-refractivity contribution in [3.63, 3.8) is 0 Å². The molecule has 0 aliphatic carbocycles. The number of aromatic amines is 1. The van der Waals surface area contributed by atoms with E-state index in [-0.39, 0.29) is 11.4 Å². The molecule has 0 saturated heterocycles. The first-order valence-corrected chi connectivity index (χ1v) is 9.86. The van der Waals surface area contributed by atoms with Crippen LogP contribution in [0.25, 0.3) is 38.0 Å². The van der Waals surface area contributed by atoms with E-state index in [9.17, 15) is 5.11 Å². The fraction of sp³-hybridized carbons (Fsp3) is 0.200. The Morgan fingerprint density at radius 2 is 1.97 bits per heavy atom. The maximum Gasteiger partial charge on any atom is 0.224 e. The van der Waals surface area contributed by atoms with Gasteiger partial charge in [-0.1, -0.05) is 6.07 Å². The Morgan fingerprint density at radius 1 is 1.17 bits per heavy atom. The van der Waals surface area contributed by atoms with Gasteiger partial charge in [-0.2, -0.15) is 0 Å². The molecular formula is C20H18N6O2S. The Labute approximate surface area is 169 Å². The van der Waals surface area contributed by atoms with E-state index in [0.717, 1.165) is 22.6 Å². The van der Waals surface area contributed by atoms with Crippen LogP contribution in [0.2, 0.25) is 0 Å². The smallest absolute Gasteiger partial charge is 0.224 e. The highest BCUT2D eigenvalue weighted by molar-refractivity contribution is 7.16. The van der Waals surface area contributed by atoms with E-state index in [1.165, 1.54) is 11.3 Å². The number of aromatic hydroxyl groups is 1. The third kappa shape index (κ3) is 2.31. The molecule has 0 aliphatic heterocycles. The lowest BCUT2D eigenvalue weighted by Gasteiger charge is -2.15. The predicted molar refractivity (Wildman–Crippen MR) is 112 cm³/mol. The molecule has 4 aromatic heterocycles. The number of rotatable bonds is 2. The Balaban J connectivity index is 2.10. The van der Waals surface area contributed by atoms with Crippen LogP contribution in [0.4, 0.5) is 0 Å². The van der Waals surface area contributed by atoms with E-state index in [4.69, 9.17) is 15.1 Å². The lowest BCUT2D eigenvalue weighted by atomic mass is 10.1. The second-order valence-corrected chi connectivity index (χ2v) is 7.79. The number of aryl methyl sites for hydroxylation is 2. The van der Waals surface area contributed by atoms with Crippen LogP contribution in [0.1, 0.15) is 17.0 Å². The molecule has 1 aromatic carbocycles. The molecule has 9 heteroatoms. The molecule has 0 saturated carbocycles. The van der Waals surface area contributed by atoms with Gasteiger partial charge in [0, 0.05) is 5.56 Å². The number of H-pyrrole nitrogens is 1. The number of hydrogen-bond acceptors (Lipinski definition) is 7. The molecule has 0 unspecified atom stereocenters. The first-order valence-electron chi connectivity index (χ1n) is 8.98. The molecule has 5 aromatic rings. The summed E-state index contributed by atoms with van der Waals surface area (Å²) in [6.07, 6.45) is 0. The number of thiazole rings is 1. The highest BCUT2D eigenvalue weighted by Crippen LogP contribution is 2.35. The van der Waals surface area contributed by atoms with E-state index >= 15 is 0 Å². The monoisotopic (exact) mass is 406 g/mol. The Morgan fingerprint density at radius 3 is 2.72 bits per heavy atom. The van der Waals surface area contributed by atoms with Crippen LogP contribution in [-0.4, -0.2) is 36.7 Å². The summed E-state index contributed by atoms with van der Waals surface area (Å²) in [6.45, 7) is 5.79. The van der Waals surface area contributed by atoms with Gasteiger partial charge in [0.2, 0.25) is 5.88 Å². The molecule has 146 valence electrons. The molecular weight excluding hydrogens is 388 g/mol. The minimum atomic E-state index is -0.208. The van der Waals surface area contributed by atoms with Gasteiger partial charge in [-0.15, -0.1) is 11.3 Å². The zero-order valence-corrected chi connectivity index (χ0v) is 17.1. The summed E-state index contributed by atoms with van der Waals surface area (Å²) in [5.41, 5.74) is 6.39. The van der Waals surface area contributed by atoms with Crippen molar-refractivity contribution >= 4 is 43.6 Å². The lowest BCUT2D eigenvalue weighted by Crippen LogP contribution is -2.16. The summed E-state index contributed by atoms with van der Waals surface area (Å²) < 4.78 is 7.26. The van der Waals surface area contributed by atoms with Crippen molar-refractivity contribution in [2.45, 2.75) is 20.8 Å². The Bertz CT molecular complexity index is 1510. The van der Waals surface area contributed by atoms with E-state index < -0.39 is 0 Å². The quantitative estimate of drug-likeness (QED) is 0.414. The van der Waals surface area contributed by atoms with Gasteiger partial charge in [-0.05, 0) is 32.4 Å². The number of aromatic nitrogens is 5. The standard InChI is InChI=1S/C20H18N6O2S/c1-8-5-6-11(28-4)9(2)16(8)26-17(21)13-12-14(23-10(3)24-18(12)26)15-20(25-19(13)27)29-7-22-15/h5-7,21,27H,1-4H3,(H,23,24). The van der Waals surface area contributed by atoms with Gasteiger partial charge in [0.15, 0.2) is 5.65 Å².